The minimum absolute atomic E-state index is 0.172. The van der Waals surface area contributed by atoms with E-state index in [-0.39, 0.29) is 5.57 Å². The van der Waals surface area contributed by atoms with Gasteiger partial charge in [0.15, 0.2) is 0 Å². The predicted octanol–water partition coefficient (Wildman–Crippen LogP) is 2.40. The van der Waals surface area contributed by atoms with Crippen LogP contribution < -0.4 is 5.32 Å². The first-order valence-corrected chi connectivity index (χ1v) is 6.90. The number of allylic oxidation sites excluding steroid dienone is 1. The molecule has 7 heteroatoms. The van der Waals surface area contributed by atoms with E-state index in [4.69, 9.17) is 16.3 Å². The molecule has 1 atom stereocenters. The highest BCUT2D eigenvalue weighted by Crippen LogP contribution is 2.37. The smallest absolute Gasteiger partial charge is 0.337 e. The monoisotopic (exact) mass is 322 g/mol. The van der Waals surface area contributed by atoms with Crippen LogP contribution in [-0.2, 0) is 14.3 Å². The van der Waals surface area contributed by atoms with E-state index in [2.05, 4.69) is 5.32 Å². The molecular weight excluding hydrogens is 308 g/mol. The molecule has 0 radical (unpaired) electrons. The maximum Gasteiger partial charge on any atom is 0.337 e. The fraction of sp³-hybridized carbons (Fsp3) is 0.267. The van der Waals surface area contributed by atoms with Crippen LogP contribution in [0, 0.1) is 0 Å². The molecule has 0 saturated heterocycles. The average molecular weight is 323 g/mol. The van der Waals surface area contributed by atoms with E-state index in [1.807, 2.05) is 0 Å². The molecule has 1 aromatic rings. The molecule has 0 aliphatic carbocycles. The molecule has 1 aromatic carbocycles. The van der Waals surface area contributed by atoms with Crippen LogP contribution in [0.4, 0.5) is 4.79 Å². The molecule has 1 heterocycles. The number of halogens is 1. The fourth-order valence-corrected chi connectivity index (χ4v) is 2.67. The van der Waals surface area contributed by atoms with Crippen LogP contribution in [0.25, 0.3) is 0 Å². The van der Waals surface area contributed by atoms with E-state index in [0.29, 0.717) is 16.3 Å². The SMILES string of the molecule is COC(=O)C1=C(C)NC(=O)N(C(C)=O)[C@@H]1c1ccccc1Cl. The number of carbonyl (C=O) groups is 3. The number of rotatable bonds is 2. The van der Waals surface area contributed by atoms with Crippen molar-refractivity contribution in [3.8, 4) is 0 Å². The zero-order valence-corrected chi connectivity index (χ0v) is 13.1. The standard InChI is InChI=1S/C15H15ClN2O4/c1-8-12(14(20)22-3)13(10-6-4-5-7-11(10)16)18(9(2)19)15(21)17-8/h4-7,13H,1-3H3,(H,17,21)/t13-/m1/s1. The van der Waals surface area contributed by atoms with Crippen molar-refractivity contribution >= 4 is 29.5 Å². The minimum atomic E-state index is -0.924. The van der Waals surface area contributed by atoms with E-state index < -0.39 is 23.9 Å². The van der Waals surface area contributed by atoms with Crippen molar-refractivity contribution in [2.24, 2.45) is 0 Å². The number of methoxy groups -OCH3 is 1. The number of carbonyl (C=O) groups excluding carboxylic acids is 3. The molecule has 1 N–H and O–H groups in total. The number of hydrogen-bond acceptors (Lipinski definition) is 4. The van der Waals surface area contributed by atoms with Gasteiger partial charge < -0.3 is 10.1 Å². The summed E-state index contributed by atoms with van der Waals surface area (Å²) in [6.07, 6.45) is 0. The van der Waals surface area contributed by atoms with Crippen molar-refractivity contribution in [3.63, 3.8) is 0 Å². The van der Waals surface area contributed by atoms with Gasteiger partial charge in [-0.05, 0) is 18.6 Å². The third-order valence-corrected chi connectivity index (χ3v) is 3.74. The predicted molar refractivity (Wildman–Crippen MR) is 80.0 cm³/mol. The quantitative estimate of drug-likeness (QED) is 0.848. The van der Waals surface area contributed by atoms with E-state index in [1.54, 1.807) is 31.2 Å². The van der Waals surface area contributed by atoms with E-state index in [1.165, 1.54) is 14.0 Å². The van der Waals surface area contributed by atoms with E-state index in [9.17, 15) is 14.4 Å². The van der Waals surface area contributed by atoms with Gasteiger partial charge in [-0.3, -0.25) is 9.69 Å². The first-order chi connectivity index (χ1) is 10.4. The van der Waals surface area contributed by atoms with Crippen molar-refractivity contribution in [1.29, 1.82) is 0 Å². The summed E-state index contributed by atoms with van der Waals surface area (Å²) in [5, 5.41) is 2.85. The molecule has 0 bridgehead atoms. The Balaban J connectivity index is 2.71. The van der Waals surface area contributed by atoms with Crippen molar-refractivity contribution in [2.75, 3.05) is 7.11 Å². The lowest BCUT2D eigenvalue weighted by Crippen LogP contribution is -2.50. The maximum atomic E-state index is 12.2. The van der Waals surface area contributed by atoms with Crippen molar-refractivity contribution in [3.05, 3.63) is 46.1 Å². The van der Waals surface area contributed by atoms with Crippen LogP contribution in [0.3, 0.4) is 0 Å². The third kappa shape index (κ3) is 2.69. The van der Waals surface area contributed by atoms with Gasteiger partial charge in [-0.15, -0.1) is 0 Å². The Morgan fingerprint density at radius 1 is 1.32 bits per heavy atom. The number of nitrogens with zero attached hydrogens (tertiary/aromatic N) is 1. The molecule has 2 rings (SSSR count). The second-order valence-corrected chi connectivity index (χ2v) is 5.18. The highest BCUT2D eigenvalue weighted by Gasteiger charge is 2.41. The molecule has 1 aliphatic heterocycles. The molecule has 6 nitrogen and oxygen atoms in total. The van der Waals surface area contributed by atoms with Crippen LogP contribution in [0.5, 0.6) is 0 Å². The second-order valence-electron chi connectivity index (χ2n) is 4.77. The van der Waals surface area contributed by atoms with Crippen LogP contribution in [0.15, 0.2) is 35.5 Å². The van der Waals surface area contributed by atoms with Crippen LogP contribution >= 0.6 is 11.6 Å². The summed E-state index contributed by atoms with van der Waals surface area (Å²) in [6.45, 7) is 2.82. The summed E-state index contributed by atoms with van der Waals surface area (Å²) in [6, 6.07) is 5.20. The lowest BCUT2D eigenvalue weighted by Gasteiger charge is -2.35. The molecule has 0 saturated carbocycles. The first-order valence-electron chi connectivity index (χ1n) is 6.52. The molecular formula is C15H15ClN2O4. The normalized spacial score (nSPS) is 18.1. The highest BCUT2D eigenvalue weighted by atomic mass is 35.5. The summed E-state index contributed by atoms with van der Waals surface area (Å²) in [7, 11) is 1.24. The summed E-state index contributed by atoms with van der Waals surface area (Å²) in [5.74, 6) is -1.13. The Morgan fingerprint density at radius 2 is 1.95 bits per heavy atom. The van der Waals surface area contributed by atoms with E-state index >= 15 is 0 Å². The number of imide groups is 1. The van der Waals surface area contributed by atoms with Gasteiger partial charge in [0.2, 0.25) is 5.91 Å². The Labute approximate surface area is 132 Å². The zero-order valence-electron chi connectivity index (χ0n) is 12.3. The van der Waals surface area contributed by atoms with E-state index in [0.717, 1.165) is 4.90 Å². The minimum Gasteiger partial charge on any atom is -0.466 e. The van der Waals surface area contributed by atoms with Crippen molar-refractivity contribution in [2.45, 2.75) is 19.9 Å². The Bertz CT molecular complexity index is 684. The summed E-state index contributed by atoms with van der Waals surface area (Å²) in [5.41, 5.74) is 0.985. The van der Waals surface area contributed by atoms with Gasteiger partial charge in [0.25, 0.3) is 0 Å². The molecule has 0 unspecified atom stereocenters. The Kier molecular flexibility index (Phi) is 4.51. The molecule has 0 spiro atoms. The topological polar surface area (TPSA) is 75.7 Å². The molecule has 1 aliphatic rings. The second kappa shape index (κ2) is 6.19. The lowest BCUT2D eigenvalue weighted by atomic mass is 9.93. The van der Waals surface area contributed by atoms with Gasteiger partial charge in [0, 0.05) is 17.6 Å². The van der Waals surface area contributed by atoms with Gasteiger partial charge in [-0.1, -0.05) is 29.8 Å². The Hall–Kier alpha value is -2.34. The molecule has 0 fully saturated rings. The van der Waals surface area contributed by atoms with Crippen molar-refractivity contribution < 1.29 is 19.1 Å². The van der Waals surface area contributed by atoms with Gasteiger partial charge in [-0.2, -0.15) is 0 Å². The highest BCUT2D eigenvalue weighted by molar-refractivity contribution is 6.31. The average Bonchev–Trinajstić information content (AvgIpc) is 2.45. The zero-order chi connectivity index (χ0) is 16.4. The Morgan fingerprint density at radius 3 is 2.50 bits per heavy atom. The molecule has 0 aromatic heterocycles. The number of ether oxygens (including phenoxy) is 1. The number of esters is 1. The van der Waals surface area contributed by atoms with Crippen LogP contribution in [0.1, 0.15) is 25.5 Å². The molecule has 3 amide bonds. The molecule has 22 heavy (non-hydrogen) atoms. The van der Waals surface area contributed by atoms with Crippen LogP contribution in [0.2, 0.25) is 5.02 Å². The summed E-state index contributed by atoms with van der Waals surface area (Å²) < 4.78 is 4.79. The van der Waals surface area contributed by atoms with Crippen molar-refractivity contribution in [1.82, 2.24) is 10.2 Å². The largest absolute Gasteiger partial charge is 0.466 e. The summed E-state index contributed by atoms with van der Waals surface area (Å²) in [4.78, 5) is 37.2. The lowest BCUT2D eigenvalue weighted by molar-refractivity contribution is -0.137. The molecule has 116 valence electrons. The van der Waals surface area contributed by atoms with Crippen LogP contribution in [-0.4, -0.2) is 29.9 Å². The first kappa shape index (κ1) is 16.0. The number of benzene rings is 1. The van der Waals surface area contributed by atoms with Gasteiger partial charge in [-0.25, -0.2) is 9.59 Å². The van der Waals surface area contributed by atoms with Gasteiger partial charge in [0.1, 0.15) is 6.04 Å². The summed E-state index contributed by atoms with van der Waals surface area (Å²) >= 11 is 6.19. The number of nitrogens with one attached hydrogen (secondary N) is 1. The third-order valence-electron chi connectivity index (χ3n) is 3.39. The van der Waals surface area contributed by atoms with Gasteiger partial charge >= 0.3 is 12.0 Å². The number of hydrogen-bond donors (Lipinski definition) is 1. The number of urea groups is 1. The fourth-order valence-electron chi connectivity index (χ4n) is 2.43. The number of amides is 3. The van der Waals surface area contributed by atoms with Gasteiger partial charge in [0.05, 0.1) is 12.7 Å². The maximum absolute atomic E-state index is 12.2.